The summed E-state index contributed by atoms with van der Waals surface area (Å²) in [7, 11) is 0. The molecule has 0 fully saturated rings. The predicted molar refractivity (Wildman–Crippen MR) is 119 cm³/mol. The first-order chi connectivity index (χ1) is 14.6. The zero-order chi connectivity index (χ0) is 20.9. The molecule has 4 aromatic rings. The molecular weight excluding hydrogens is 418 g/mol. The number of rotatable bonds is 8. The van der Waals surface area contributed by atoms with Crippen LogP contribution in [0.5, 0.6) is 0 Å². The number of carbonyl (C=O) groups is 2. The maximum Gasteiger partial charge on any atom is 0.216 e. The summed E-state index contributed by atoms with van der Waals surface area (Å²) in [4.78, 5) is 34.7. The molecule has 0 aliphatic carbocycles. The van der Waals surface area contributed by atoms with Crippen molar-refractivity contribution < 1.29 is 14.0 Å². The number of nitrogens with zero attached hydrogens (tertiary/aromatic N) is 2. The average molecular weight is 438 g/mol. The first-order valence-corrected chi connectivity index (χ1v) is 11.2. The Balaban J connectivity index is 1.49. The van der Waals surface area contributed by atoms with Crippen molar-refractivity contribution in [1.82, 2.24) is 15.3 Å². The van der Waals surface area contributed by atoms with Gasteiger partial charge in [-0.1, -0.05) is 30.0 Å². The Morgan fingerprint density at radius 2 is 1.97 bits per heavy atom. The molecule has 1 N–H and O–H groups in total. The van der Waals surface area contributed by atoms with E-state index in [1.54, 1.807) is 12.3 Å². The van der Waals surface area contributed by atoms with E-state index >= 15 is 0 Å². The second kappa shape index (κ2) is 9.23. The van der Waals surface area contributed by atoms with Crippen LogP contribution in [0.4, 0.5) is 0 Å². The Morgan fingerprint density at radius 3 is 2.77 bits per heavy atom. The van der Waals surface area contributed by atoms with Crippen LogP contribution in [-0.2, 0) is 11.2 Å². The van der Waals surface area contributed by atoms with Gasteiger partial charge in [0, 0.05) is 23.7 Å². The maximum absolute atomic E-state index is 12.7. The van der Waals surface area contributed by atoms with Gasteiger partial charge >= 0.3 is 0 Å². The summed E-state index contributed by atoms with van der Waals surface area (Å²) >= 11 is 2.87. The normalized spacial score (nSPS) is 11.0. The van der Waals surface area contributed by atoms with Crippen molar-refractivity contribution in [1.29, 1.82) is 0 Å². The van der Waals surface area contributed by atoms with E-state index in [4.69, 9.17) is 4.42 Å². The molecule has 3 aromatic heterocycles. The molecule has 3 heterocycles. The lowest BCUT2D eigenvalue weighted by Gasteiger charge is -2.07. The molecule has 4 rings (SSSR count). The summed E-state index contributed by atoms with van der Waals surface area (Å²) in [5, 5.41) is 4.43. The number of fused-ring (bicyclic) bond motifs is 1. The van der Waals surface area contributed by atoms with Crippen molar-refractivity contribution in [2.24, 2.45) is 0 Å². The highest BCUT2D eigenvalue weighted by Gasteiger charge is 2.15. The molecule has 1 amide bonds. The minimum absolute atomic E-state index is 0.0507. The molecule has 0 unspecified atom stereocenters. The van der Waals surface area contributed by atoms with Gasteiger partial charge in [-0.3, -0.25) is 9.59 Å². The smallest absolute Gasteiger partial charge is 0.216 e. The number of amides is 1. The van der Waals surface area contributed by atoms with Gasteiger partial charge < -0.3 is 9.73 Å². The van der Waals surface area contributed by atoms with Crippen LogP contribution >= 0.6 is 23.1 Å². The zero-order valence-corrected chi connectivity index (χ0v) is 17.9. The number of Topliss-reactive ketones (excluding diaryl/α,β-unsaturated/α-hetero) is 1. The summed E-state index contributed by atoms with van der Waals surface area (Å²) in [6, 6.07) is 15.2. The van der Waals surface area contributed by atoms with E-state index in [2.05, 4.69) is 15.3 Å². The lowest BCUT2D eigenvalue weighted by atomic mass is 10.2. The van der Waals surface area contributed by atoms with Gasteiger partial charge in [-0.2, -0.15) is 0 Å². The van der Waals surface area contributed by atoms with Gasteiger partial charge in [0.05, 0.1) is 22.4 Å². The Morgan fingerprint density at radius 1 is 1.10 bits per heavy atom. The second-order valence-corrected chi connectivity index (χ2v) is 8.69. The quantitative estimate of drug-likeness (QED) is 0.246. The van der Waals surface area contributed by atoms with Crippen molar-refractivity contribution in [2.75, 3.05) is 12.3 Å². The average Bonchev–Trinajstić information content (AvgIpc) is 3.44. The van der Waals surface area contributed by atoms with Gasteiger partial charge in [-0.15, -0.1) is 11.3 Å². The van der Waals surface area contributed by atoms with E-state index in [0.717, 1.165) is 20.8 Å². The molecule has 0 aliphatic heterocycles. The van der Waals surface area contributed by atoms with Crippen LogP contribution in [0.1, 0.15) is 21.5 Å². The molecule has 0 spiro atoms. The number of nitrogens with one attached hydrogen (secondary N) is 1. The molecule has 0 radical (unpaired) electrons. The largest absolute Gasteiger partial charge is 0.461 e. The van der Waals surface area contributed by atoms with Crippen LogP contribution in [0.2, 0.25) is 0 Å². The van der Waals surface area contributed by atoms with Gasteiger partial charge in [0.15, 0.2) is 17.4 Å². The minimum atomic E-state index is -0.0507. The molecule has 0 aliphatic rings. The third-order valence-electron chi connectivity index (χ3n) is 4.33. The molecule has 1 aromatic carbocycles. The van der Waals surface area contributed by atoms with E-state index in [9.17, 15) is 9.59 Å². The molecule has 152 valence electrons. The number of benzene rings is 1. The highest BCUT2D eigenvalue weighted by atomic mass is 32.2. The van der Waals surface area contributed by atoms with E-state index in [1.807, 2.05) is 42.5 Å². The lowest BCUT2D eigenvalue weighted by molar-refractivity contribution is -0.118. The summed E-state index contributed by atoms with van der Waals surface area (Å²) in [6.45, 7) is 2.06. The molecule has 0 atom stereocenters. The van der Waals surface area contributed by atoms with Crippen LogP contribution in [0.3, 0.4) is 0 Å². The fraction of sp³-hybridized carbons (Fsp3) is 0.182. The van der Waals surface area contributed by atoms with Gasteiger partial charge in [-0.05, 0) is 36.8 Å². The Labute approximate surface area is 181 Å². The predicted octanol–water partition coefficient (Wildman–Crippen LogP) is 4.60. The van der Waals surface area contributed by atoms with Gasteiger partial charge in [0.25, 0.3) is 0 Å². The Kier molecular flexibility index (Phi) is 6.25. The SMILES string of the molecule is CC(=O)NCCc1ccc(C(=O)CSc2nc(-c3ccco3)nc3ccccc23)s1. The topological polar surface area (TPSA) is 85.1 Å². The number of hydrogen-bond donors (Lipinski definition) is 1. The van der Waals surface area contributed by atoms with Crippen LogP contribution in [0.15, 0.2) is 64.2 Å². The molecular formula is C22H19N3O3S2. The molecule has 8 heteroatoms. The number of aromatic nitrogens is 2. The van der Waals surface area contributed by atoms with Crippen LogP contribution in [-0.4, -0.2) is 34.0 Å². The lowest BCUT2D eigenvalue weighted by Crippen LogP contribution is -2.22. The fourth-order valence-electron chi connectivity index (χ4n) is 2.90. The van der Waals surface area contributed by atoms with Crippen molar-refractivity contribution in [3.8, 4) is 11.6 Å². The Bertz CT molecular complexity index is 1190. The summed E-state index contributed by atoms with van der Waals surface area (Å²) in [6.07, 6.45) is 2.30. The van der Waals surface area contributed by atoms with E-state index in [1.165, 1.54) is 30.0 Å². The third kappa shape index (κ3) is 4.77. The van der Waals surface area contributed by atoms with Crippen LogP contribution < -0.4 is 5.32 Å². The number of thiophene rings is 1. The highest BCUT2D eigenvalue weighted by molar-refractivity contribution is 8.00. The maximum atomic E-state index is 12.7. The molecule has 0 saturated heterocycles. The van der Waals surface area contributed by atoms with Crippen molar-refractivity contribution in [2.45, 2.75) is 18.4 Å². The van der Waals surface area contributed by atoms with Gasteiger partial charge in [0.2, 0.25) is 5.91 Å². The Hall–Kier alpha value is -2.97. The first kappa shape index (κ1) is 20.3. The number of ketones is 1. The first-order valence-electron chi connectivity index (χ1n) is 9.40. The van der Waals surface area contributed by atoms with Crippen molar-refractivity contribution in [3.05, 3.63) is 64.5 Å². The molecule has 30 heavy (non-hydrogen) atoms. The van der Waals surface area contributed by atoms with Crippen LogP contribution in [0, 0.1) is 0 Å². The fourth-order valence-corrected chi connectivity index (χ4v) is 4.84. The summed E-state index contributed by atoms with van der Waals surface area (Å²) in [5.41, 5.74) is 0.810. The number of carbonyl (C=O) groups excluding carboxylic acids is 2. The number of furan rings is 1. The minimum Gasteiger partial charge on any atom is -0.461 e. The molecule has 6 nitrogen and oxygen atoms in total. The third-order valence-corrected chi connectivity index (χ3v) is 6.51. The number of thioether (sulfide) groups is 1. The van der Waals surface area contributed by atoms with E-state index < -0.39 is 0 Å². The van der Waals surface area contributed by atoms with Crippen molar-refractivity contribution >= 4 is 45.7 Å². The van der Waals surface area contributed by atoms with E-state index in [-0.39, 0.29) is 17.4 Å². The monoisotopic (exact) mass is 437 g/mol. The van der Waals surface area contributed by atoms with E-state index in [0.29, 0.717) is 29.4 Å². The highest BCUT2D eigenvalue weighted by Crippen LogP contribution is 2.29. The second-order valence-electron chi connectivity index (χ2n) is 6.56. The summed E-state index contributed by atoms with van der Waals surface area (Å²) in [5.74, 6) is 1.38. The number of hydrogen-bond acceptors (Lipinski definition) is 7. The van der Waals surface area contributed by atoms with Gasteiger partial charge in [-0.25, -0.2) is 9.97 Å². The summed E-state index contributed by atoms with van der Waals surface area (Å²) < 4.78 is 5.44. The zero-order valence-electron chi connectivity index (χ0n) is 16.3. The molecule has 0 saturated carbocycles. The van der Waals surface area contributed by atoms with Gasteiger partial charge in [0.1, 0.15) is 5.03 Å². The van der Waals surface area contributed by atoms with Crippen molar-refractivity contribution in [3.63, 3.8) is 0 Å². The van der Waals surface area contributed by atoms with Crippen LogP contribution in [0.25, 0.3) is 22.5 Å². The number of para-hydroxylation sites is 1. The molecule has 0 bridgehead atoms. The standard InChI is InChI=1S/C22H19N3O3S2/c1-14(26)23-11-10-15-8-9-20(30-15)18(27)13-29-22-16-5-2-3-6-17(16)24-21(25-22)19-7-4-12-28-19/h2-9,12H,10-11,13H2,1H3,(H,23,26).